The van der Waals surface area contributed by atoms with Gasteiger partial charge < -0.3 is 9.67 Å². The zero-order valence-corrected chi connectivity index (χ0v) is 14.6. The number of nitrogens with zero attached hydrogens (tertiary/aromatic N) is 5. The molecule has 0 saturated carbocycles. The first-order chi connectivity index (χ1) is 12.0. The molecule has 0 aliphatic carbocycles. The van der Waals surface area contributed by atoms with Crippen molar-refractivity contribution in [1.82, 2.24) is 29.9 Å². The molecule has 2 N–H and O–H groups in total. The highest BCUT2D eigenvalue weighted by molar-refractivity contribution is 6.30. The fraction of sp³-hybridized carbons (Fsp3) is 0.353. The zero-order chi connectivity index (χ0) is 17.4. The van der Waals surface area contributed by atoms with Crippen molar-refractivity contribution in [1.29, 1.82) is 0 Å². The summed E-state index contributed by atoms with van der Waals surface area (Å²) in [4.78, 5) is 2.18. The molecule has 130 valence electrons. The second-order valence-electron chi connectivity index (χ2n) is 6.47. The number of rotatable bonds is 4. The Hall–Kier alpha value is -2.22. The van der Waals surface area contributed by atoms with Crippen LogP contribution in [0.5, 0.6) is 0 Å². The average molecular weight is 359 g/mol. The predicted octanol–water partition coefficient (Wildman–Crippen LogP) is 1.95. The number of aliphatic hydroxyl groups is 1. The first-order valence-corrected chi connectivity index (χ1v) is 8.52. The largest absolute Gasteiger partial charge is 0.382 e. The van der Waals surface area contributed by atoms with Crippen LogP contribution in [0, 0.1) is 0 Å². The van der Waals surface area contributed by atoms with Gasteiger partial charge in [0.25, 0.3) is 0 Å². The van der Waals surface area contributed by atoms with E-state index in [1.165, 1.54) is 0 Å². The summed E-state index contributed by atoms with van der Waals surface area (Å²) in [5.41, 5.74) is 0.851. The quantitative estimate of drug-likeness (QED) is 0.745. The molecular formula is C17H19ClN6O. The Labute approximate surface area is 150 Å². The summed E-state index contributed by atoms with van der Waals surface area (Å²) in [5, 5.41) is 27.0. The van der Waals surface area contributed by atoms with Crippen molar-refractivity contribution in [3.8, 4) is 11.4 Å². The lowest BCUT2D eigenvalue weighted by atomic mass is 9.99. The summed E-state index contributed by atoms with van der Waals surface area (Å²) in [6.45, 7) is 1.96. The Morgan fingerprint density at radius 1 is 1.24 bits per heavy atom. The van der Waals surface area contributed by atoms with Crippen molar-refractivity contribution in [2.75, 3.05) is 13.1 Å². The molecule has 0 amide bonds. The number of hydrogen-bond acceptors (Lipinski definition) is 5. The number of aromatic amines is 1. The molecule has 1 atom stereocenters. The Bertz CT molecular complexity index is 860. The van der Waals surface area contributed by atoms with Crippen LogP contribution < -0.4 is 0 Å². The fourth-order valence-electron chi connectivity index (χ4n) is 3.29. The first-order valence-electron chi connectivity index (χ1n) is 8.14. The third-order valence-corrected chi connectivity index (χ3v) is 5.01. The maximum atomic E-state index is 10.8. The Balaban J connectivity index is 1.50. The van der Waals surface area contributed by atoms with Gasteiger partial charge in [-0.05, 0) is 36.8 Å². The van der Waals surface area contributed by atoms with Gasteiger partial charge in [-0.15, -0.1) is 10.2 Å². The summed E-state index contributed by atoms with van der Waals surface area (Å²) in [6.07, 6.45) is 2.33. The van der Waals surface area contributed by atoms with Gasteiger partial charge in [-0.1, -0.05) is 11.6 Å². The van der Waals surface area contributed by atoms with Gasteiger partial charge in [-0.25, -0.2) is 0 Å². The van der Waals surface area contributed by atoms with Crippen molar-refractivity contribution >= 4 is 11.6 Å². The van der Waals surface area contributed by atoms with Gasteiger partial charge in [0.2, 0.25) is 0 Å². The third-order valence-electron chi connectivity index (χ3n) is 4.76. The van der Waals surface area contributed by atoms with Gasteiger partial charge in [0.1, 0.15) is 11.4 Å². The number of H-pyrrole nitrogens is 1. The smallest absolute Gasteiger partial charge is 0.163 e. The highest BCUT2D eigenvalue weighted by atomic mass is 35.5. The molecule has 1 aliphatic rings. The van der Waals surface area contributed by atoms with Crippen molar-refractivity contribution in [3.05, 3.63) is 53.1 Å². The lowest BCUT2D eigenvalue weighted by Crippen LogP contribution is -2.31. The minimum absolute atomic E-state index is 0.540. The molecule has 1 aliphatic heterocycles. The van der Waals surface area contributed by atoms with Crippen LogP contribution in [0.3, 0.4) is 0 Å². The predicted molar refractivity (Wildman–Crippen MR) is 93.8 cm³/mol. The molecular weight excluding hydrogens is 340 g/mol. The Morgan fingerprint density at radius 3 is 2.76 bits per heavy atom. The van der Waals surface area contributed by atoms with Crippen LogP contribution in [-0.2, 0) is 19.2 Å². The van der Waals surface area contributed by atoms with Crippen LogP contribution in [0.4, 0.5) is 0 Å². The van der Waals surface area contributed by atoms with Gasteiger partial charge in [0, 0.05) is 36.9 Å². The van der Waals surface area contributed by atoms with E-state index < -0.39 is 5.60 Å². The minimum Gasteiger partial charge on any atom is -0.382 e. The fourth-order valence-corrected chi connectivity index (χ4v) is 3.42. The molecule has 4 rings (SSSR count). The summed E-state index contributed by atoms with van der Waals surface area (Å²) in [6, 6.07) is 9.38. The molecule has 3 aromatic rings. The van der Waals surface area contributed by atoms with E-state index in [0.717, 1.165) is 29.5 Å². The second-order valence-corrected chi connectivity index (χ2v) is 6.90. The third kappa shape index (κ3) is 3.06. The summed E-state index contributed by atoms with van der Waals surface area (Å²) in [5.74, 6) is 1.66. The van der Waals surface area contributed by atoms with E-state index in [9.17, 15) is 5.11 Å². The molecule has 2 aromatic heterocycles. The number of hydrogen-bond donors (Lipinski definition) is 2. The Morgan fingerprint density at radius 2 is 2.04 bits per heavy atom. The first kappa shape index (κ1) is 16.3. The summed E-state index contributed by atoms with van der Waals surface area (Å²) in [7, 11) is 1.95. The van der Waals surface area contributed by atoms with Gasteiger partial charge in [0.05, 0.1) is 12.2 Å². The van der Waals surface area contributed by atoms with E-state index in [2.05, 4.69) is 25.3 Å². The van der Waals surface area contributed by atoms with Crippen molar-refractivity contribution < 1.29 is 5.11 Å². The molecule has 1 saturated heterocycles. The maximum absolute atomic E-state index is 10.8. The molecule has 0 bridgehead atoms. The summed E-state index contributed by atoms with van der Waals surface area (Å²) >= 11 is 5.95. The normalized spacial score (nSPS) is 21.1. The standard InChI is InChI=1S/C17H19ClN6O/c1-23-15(21-22-16(23)12-2-4-13(18)5-3-12)10-24-9-7-17(25,11-24)14-6-8-19-20-14/h2-6,8,25H,7,9-11H2,1H3,(H,19,20). The molecule has 0 radical (unpaired) electrons. The number of β-amino-alcohol motifs (C(OH)–C–C–N with tert-alkyl or cyclic N) is 1. The highest BCUT2D eigenvalue weighted by Crippen LogP contribution is 2.31. The Kier molecular flexibility index (Phi) is 4.07. The zero-order valence-electron chi connectivity index (χ0n) is 13.9. The van der Waals surface area contributed by atoms with Gasteiger partial charge in [-0.3, -0.25) is 10.00 Å². The molecule has 1 unspecified atom stereocenters. The minimum atomic E-state index is -0.881. The van der Waals surface area contributed by atoms with E-state index in [-0.39, 0.29) is 0 Å². The maximum Gasteiger partial charge on any atom is 0.163 e. The molecule has 8 heteroatoms. The SMILES string of the molecule is Cn1c(CN2CCC(O)(c3ccn[nH]3)C2)nnc1-c1ccc(Cl)cc1. The number of nitrogens with one attached hydrogen (secondary N) is 1. The van der Waals surface area contributed by atoms with Crippen LogP contribution in [0.1, 0.15) is 17.9 Å². The molecule has 3 heterocycles. The number of aromatic nitrogens is 5. The number of likely N-dealkylation sites (tertiary alicyclic amines) is 1. The van der Waals surface area contributed by atoms with Crippen LogP contribution in [0.15, 0.2) is 36.5 Å². The molecule has 0 spiro atoms. The summed E-state index contributed by atoms with van der Waals surface area (Å²) < 4.78 is 1.98. The second kappa shape index (κ2) is 6.25. The monoisotopic (exact) mass is 358 g/mol. The average Bonchev–Trinajstić information content (AvgIpc) is 3.32. The van der Waals surface area contributed by atoms with E-state index in [0.29, 0.717) is 24.5 Å². The van der Waals surface area contributed by atoms with Crippen LogP contribution in [0.25, 0.3) is 11.4 Å². The lowest BCUT2D eigenvalue weighted by molar-refractivity contribution is 0.0405. The lowest BCUT2D eigenvalue weighted by Gasteiger charge is -2.21. The molecule has 25 heavy (non-hydrogen) atoms. The van der Waals surface area contributed by atoms with E-state index in [4.69, 9.17) is 11.6 Å². The van der Waals surface area contributed by atoms with E-state index in [1.807, 2.05) is 41.9 Å². The topological polar surface area (TPSA) is 82.9 Å². The molecule has 1 fully saturated rings. The van der Waals surface area contributed by atoms with Gasteiger partial charge in [-0.2, -0.15) is 5.10 Å². The van der Waals surface area contributed by atoms with Crippen LogP contribution >= 0.6 is 11.6 Å². The van der Waals surface area contributed by atoms with E-state index in [1.54, 1.807) is 6.20 Å². The highest BCUT2D eigenvalue weighted by Gasteiger charge is 2.39. The van der Waals surface area contributed by atoms with Crippen LogP contribution in [-0.4, -0.2) is 48.1 Å². The van der Waals surface area contributed by atoms with E-state index >= 15 is 0 Å². The van der Waals surface area contributed by atoms with Crippen LogP contribution in [0.2, 0.25) is 5.02 Å². The van der Waals surface area contributed by atoms with Gasteiger partial charge in [0.15, 0.2) is 5.82 Å². The molecule has 7 nitrogen and oxygen atoms in total. The van der Waals surface area contributed by atoms with Crippen molar-refractivity contribution in [2.45, 2.75) is 18.6 Å². The van der Waals surface area contributed by atoms with Gasteiger partial charge >= 0.3 is 0 Å². The van der Waals surface area contributed by atoms with Crippen molar-refractivity contribution in [2.24, 2.45) is 7.05 Å². The number of halogens is 1. The number of benzene rings is 1. The molecule has 1 aromatic carbocycles. The van der Waals surface area contributed by atoms with Crippen molar-refractivity contribution in [3.63, 3.8) is 0 Å².